The van der Waals surface area contributed by atoms with Gasteiger partial charge in [-0.15, -0.1) is 0 Å². The summed E-state index contributed by atoms with van der Waals surface area (Å²) in [5.74, 6) is -1.82. The standard InChI is InChI=1S/C15H10ClF3N2O6S.C7H12ClN5.C5H12NO4P/c1-28(25,26)20-14(22)10-7-9(3-4-12(10)21(23)24)27-13-5-2-8(6-11(13)16)15(17,18)19;1-3-9-6-11-5(8)12-7(13-6)10-4-2;1-11(9,10)3-2-4(6)5(7)8/h2-7H,1H3,(H,20,22);3-4H2,1-2H3,(H2,9,10,11,12,13);4H,2-3,6H2,1H3,(H,7,8)(H,9,10). The third kappa shape index (κ3) is 17.2. The van der Waals surface area contributed by atoms with Gasteiger partial charge in [-0.3, -0.25) is 24.3 Å². The second-order valence-electron chi connectivity index (χ2n) is 10.2. The molecule has 1 heterocycles. The number of hydrogen-bond acceptors (Lipinski definition) is 14. The van der Waals surface area contributed by atoms with Crippen LogP contribution in [-0.4, -0.2) is 88.4 Å². The lowest BCUT2D eigenvalue weighted by atomic mass is 10.1. The number of carbonyl (C=O) groups is 2. The van der Waals surface area contributed by atoms with Gasteiger partial charge in [0.1, 0.15) is 23.1 Å². The van der Waals surface area contributed by atoms with Gasteiger partial charge in [0.2, 0.25) is 27.2 Å². The third-order valence-electron chi connectivity index (χ3n) is 5.62. The summed E-state index contributed by atoms with van der Waals surface area (Å²) in [6, 6.07) is 4.06. The molecule has 25 heteroatoms. The zero-order valence-corrected chi connectivity index (χ0v) is 30.9. The lowest BCUT2D eigenvalue weighted by Gasteiger charge is -2.12. The zero-order valence-electron chi connectivity index (χ0n) is 27.6. The van der Waals surface area contributed by atoms with Gasteiger partial charge in [-0.1, -0.05) is 11.6 Å². The smallest absolute Gasteiger partial charge is 0.416 e. The monoisotopic (exact) mass is 820 g/mol. The maximum absolute atomic E-state index is 12.7. The number of carboxylic acid groups (broad SMARTS) is 1. The number of carbonyl (C=O) groups excluding carboxylic acids is 1. The predicted molar refractivity (Wildman–Crippen MR) is 186 cm³/mol. The molecule has 288 valence electrons. The van der Waals surface area contributed by atoms with E-state index in [0.717, 1.165) is 37.4 Å². The first-order valence-corrected chi connectivity index (χ1v) is 19.3. The summed E-state index contributed by atoms with van der Waals surface area (Å²) in [5.41, 5.74) is 2.75. The molecule has 0 bridgehead atoms. The molecule has 18 nitrogen and oxygen atoms in total. The van der Waals surface area contributed by atoms with Gasteiger partial charge in [0.15, 0.2) is 7.37 Å². The van der Waals surface area contributed by atoms with Crippen LogP contribution in [0.25, 0.3) is 0 Å². The van der Waals surface area contributed by atoms with E-state index in [1.165, 1.54) is 6.66 Å². The number of carboxylic acids is 1. The van der Waals surface area contributed by atoms with E-state index in [1.54, 1.807) is 4.72 Å². The van der Waals surface area contributed by atoms with E-state index in [0.29, 0.717) is 30.3 Å². The molecule has 0 spiro atoms. The Hall–Kier alpha value is -4.34. The first-order valence-electron chi connectivity index (χ1n) is 14.4. The quantitative estimate of drug-likeness (QED) is 0.0765. The Balaban J connectivity index is 0.000000464. The maximum Gasteiger partial charge on any atom is 0.416 e. The maximum atomic E-state index is 12.7. The van der Waals surface area contributed by atoms with Crippen LogP contribution in [0.15, 0.2) is 36.4 Å². The van der Waals surface area contributed by atoms with Crippen LogP contribution in [0.3, 0.4) is 0 Å². The number of nitro benzene ring substituents is 1. The fourth-order valence-corrected chi connectivity index (χ4v) is 4.94. The fraction of sp³-hybridized carbons (Fsp3) is 0.370. The number of halogens is 5. The molecule has 0 aliphatic carbocycles. The SMILES string of the molecule is CCNc1nc(Cl)nc(NCC)n1.CP(=O)(O)CCC(N)C(=O)O.CS(=O)(=O)NC(=O)c1cc(Oc2ccc(C(F)(F)F)cc2Cl)ccc1[N+](=O)[O-]. The molecule has 0 fully saturated rings. The van der Waals surface area contributed by atoms with Crippen LogP contribution >= 0.6 is 30.6 Å². The van der Waals surface area contributed by atoms with E-state index in [1.807, 2.05) is 13.8 Å². The van der Waals surface area contributed by atoms with Gasteiger partial charge >= 0.3 is 12.1 Å². The van der Waals surface area contributed by atoms with Crippen molar-refractivity contribution in [1.29, 1.82) is 0 Å². The van der Waals surface area contributed by atoms with Crippen molar-refractivity contribution in [3.63, 3.8) is 0 Å². The first-order chi connectivity index (χ1) is 23.9. The van der Waals surface area contributed by atoms with Gasteiger partial charge in [0.05, 0.1) is 21.8 Å². The molecule has 0 aliphatic heterocycles. The van der Waals surface area contributed by atoms with Crippen LogP contribution in [0.2, 0.25) is 10.3 Å². The number of nitrogens with two attached hydrogens (primary N) is 1. The van der Waals surface area contributed by atoms with E-state index in [-0.39, 0.29) is 29.4 Å². The number of amides is 1. The van der Waals surface area contributed by atoms with Crippen molar-refractivity contribution in [1.82, 2.24) is 19.7 Å². The summed E-state index contributed by atoms with van der Waals surface area (Å²) in [7, 11) is -7.10. The molecule has 7 N–H and O–H groups in total. The molecule has 0 saturated heterocycles. The van der Waals surface area contributed by atoms with E-state index in [2.05, 4.69) is 25.6 Å². The lowest BCUT2D eigenvalue weighted by molar-refractivity contribution is -0.385. The number of aliphatic carboxylic acids is 1. The Kier molecular flexibility index (Phi) is 17.6. The number of ether oxygens (including phenoxy) is 1. The fourth-order valence-electron chi connectivity index (χ4n) is 3.36. The molecule has 0 radical (unpaired) electrons. The number of alkyl halides is 3. The number of hydrogen-bond donors (Lipinski definition) is 6. The average molecular weight is 822 g/mol. The van der Waals surface area contributed by atoms with Gasteiger partial charge in [0, 0.05) is 38.0 Å². The van der Waals surface area contributed by atoms with Crippen LogP contribution in [0.5, 0.6) is 11.5 Å². The Morgan fingerprint density at radius 1 is 1.08 bits per heavy atom. The minimum Gasteiger partial charge on any atom is -0.480 e. The Morgan fingerprint density at radius 2 is 1.63 bits per heavy atom. The Bertz CT molecular complexity index is 1860. The van der Waals surface area contributed by atoms with Crippen molar-refractivity contribution in [2.24, 2.45) is 5.73 Å². The molecule has 52 heavy (non-hydrogen) atoms. The second-order valence-corrected chi connectivity index (χ2v) is 15.2. The summed E-state index contributed by atoms with van der Waals surface area (Å²) >= 11 is 11.4. The van der Waals surface area contributed by atoms with Gasteiger partial charge in [-0.05, 0) is 56.1 Å². The molecule has 2 atom stereocenters. The van der Waals surface area contributed by atoms with Gasteiger partial charge in [-0.2, -0.15) is 28.1 Å². The van der Waals surface area contributed by atoms with Crippen molar-refractivity contribution >= 4 is 70.1 Å². The second kappa shape index (κ2) is 20.0. The number of aromatic nitrogens is 3. The molecule has 0 aliphatic rings. The average Bonchev–Trinajstić information content (AvgIpc) is 2.99. The molecule has 0 saturated carbocycles. The van der Waals surface area contributed by atoms with Crippen molar-refractivity contribution in [3.05, 3.63) is 67.9 Å². The number of sulfonamides is 1. The van der Waals surface area contributed by atoms with Crippen molar-refractivity contribution < 1.29 is 55.4 Å². The Morgan fingerprint density at radius 3 is 2.06 bits per heavy atom. The molecule has 3 aromatic rings. The highest BCUT2D eigenvalue weighted by molar-refractivity contribution is 7.89. The summed E-state index contributed by atoms with van der Waals surface area (Å²) in [6.07, 6.45) is -3.94. The van der Waals surface area contributed by atoms with Crippen LogP contribution in [-0.2, 0) is 25.6 Å². The Labute approximate surface area is 305 Å². The number of benzene rings is 2. The van der Waals surface area contributed by atoms with Crippen LogP contribution in [0.4, 0.5) is 30.8 Å². The predicted octanol–water partition coefficient (Wildman–Crippen LogP) is 4.83. The zero-order chi connectivity index (χ0) is 40.0. The molecule has 2 unspecified atom stereocenters. The number of nitrogens with zero attached hydrogens (tertiary/aromatic N) is 4. The van der Waals surface area contributed by atoms with Crippen LogP contribution < -0.4 is 25.8 Å². The highest BCUT2D eigenvalue weighted by Crippen LogP contribution is 2.37. The molecular weight excluding hydrogens is 787 g/mol. The van der Waals surface area contributed by atoms with Crippen LogP contribution in [0, 0.1) is 10.1 Å². The lowest BCUT2D eigenvalue weighted by Crippen LogP contribution is -2.30. The summed E-state index contributed by atoms with van der Waals surface area (Å²) < 4.78 is 77.9. The highest BCUT2D eigenvalue weighted by Gasteiger charge is 2.31. The number of anilines is 2. The van der Waals surface area contributed by atoms with E-state index < -0.39 is 68.2 Å². The van der Waals surface area contributed by atoms with Crippen molar-refractivity contribution in [3.8, 4) is 11.5 Å². The summed E-state index contributed by atoms with van der Waals surface area (Å²) in [4.78, 5) is 52.9. The van der Waals surface area contributed by atoms with Gasteiger partial charge < -0.3 is 31.1 Å². The third-order valence-corrected chi connectivity index (χ3v) is 7.73. The summed E-state index contributed by atoms with van der Waals surface area (Å²) in [5, 5.41) is 25.1. The number of rotatable bonds is 13. The number of nitrogens with one attached hydrogen (secondary N) is 3. The molecular formula is C27H34Cl2F3N8O10PS. The summed E-state index contributed by atoms with van der Waals surface area (Å²) in [6.45, 7) is 6.62. The molecule has 1 aromatic heterocycles. The molecule has 2 aromatic carbocycles. The van der Waals surface area contributed by atoms with E-state index in [9.17, 15) is 45.9 Å². The van der Waals surface area contributed by atoms with Crippen LogP contribution in [0.1, 0.15) is 36.2 Å². The first kappa shape index (κ1) is 45.7. The minimum absolute atomic E-state index is 0.0412. The van der Waals surface area contributed by atoms with Crippen molar-refractivity contribution in [2.75, 3.05) is 42.8 Å². The minimum atomic E-state index is -4.62. The van der Waals surface area contributed by atoms with Gasteiger partial charge in [0.25, 0.3) is 11.6 Å². The molecule has 1 amide bonds. The molecule has 3 rings (SSSR count). The number of nitro groups is 1. The largest absolute Gasteiger partial charge is 0.480 e. The van der Waals surface area contributed by atoms with E-state index in [4.69, 9.17) is 43.7 Å². The van der Waals surface area contributed by atoms with Crippen molar-refractivity contribution in [2.45, 2.75) is 32.5 Å². The van der Waals surface area contributed by atoms with Gasteiger partial charge in [-0.25, -0.2) is 13.1 Å². The van der Waals surface area contributed by atoms with E-state index >= 15 is 0 Å². The normalized spacial score (nSPS) is 12.8. The highest BCUT2D eigenvalue weighted by atomic mass is 35.5. The topological polar surface area (TPSA) is 279 Å².